The van der Waals surface area contributed by atoms with Crippen molar-refractivity contribution in [2.24, 2.45) is 0 Å². The van der Waals surface area contributed by atoms with Gasteiger partial charge in [0.25, 0.3) is 5.91 Å². The molecule has 0 saturated carbocycles. The van der Waals surface area contributed by atoms with Gasteiger partial charge in [-0.3, -0.25) is 9.59 Å². The van der Waals surface area contributed by atoms with Crippen molar-refractivity contribution in [3.05, 3.63) is 47.8 Å². The van der Waals surface area contributed by atoms with Crippen LogP contribution in [0, 0.1) is 0 Å². The highest BCUT2D eigenvalue weighted by Gasteiger charge is 2.30. The number of nitrogens with one attached hydrogen (secondary N) is 1. The van der Waals surface area contributed by atoms with E-state index in [4.69, 9.17) is 0 Å². The van der Waals surface area contributed by atoms with Crippen LogP contribution in [0.25, 0.3) is 0 Å². The van der Waals surface area contributed by atoms with Crippen LogP contribution >= 0.6 is 0 Å². The number of rotatable bonds is 5. The van der Waals surface area contributed by atoms with Crippen molar-refractivity contribution >= 4 is 27.5 Å². The Bertz CT molecular complexity index is 1070. The van der Waals surface area contributed by atoms with Gasteiger partial charge in [-0.1, -0.05) is 31.0 Å². The molecule has 4 rings (SSSR count). The second-order valence-electron chi connectivity index (χ2n) is 8.14. The summed E-state index contributed by atoms with van der Waals surface area (Å²) < 4.78 is 27.1. The van der Waals surface area contributed by atoms with Gasteiger partial charge in [-0.05, 0) is 37.0 Å². The third kappa shape index (κ3) is 4.38. The molecule has 0 spiro atoms. The SMILES string of the molecule is CN(CC(=O)N1CCc2ccccc21)S(=O)(=O)c1c[nH]c(C(=O)N2CCCCCC2)c1. The highest BCUT2D eigenvalue weighted by molar-refractivity contribution is 7.89. The molecular formula is C22H28N4O4S. The third-order valence-corrected chi connectivity index (χ3v) is 7.82. The van der Waals surface area contributed by atoms with Crippen LogP contribution in [0.5, 0.6) is 0 Å². The Labute approximate surface area is 182 Å². The number of sulfonamides is 1. The summed E-state index contributed by atoms with van der Waals surface area (Å²) in [7, 11) is -2.52. The number of benzene rings is 1. The highest BCUT2D eigenvalue weighted by atomic mass is 32.2. The standard InChI is InChI=1S/C22H28N4O4S/c1-24(16-21(27)26-13-10-17-8-4-5-9-20(17)26)31(29,30)18-14-19(23-15-18)22(28)25-11-6-2-3-7-12-25/h4-5,8-9,14-15,23H,2-3,6-7,10-13,16H2,1H3. The van der Waals surface area contributed by atoms with Crippen molar-refractivity contribution in [1.29, 1.82) is 0 Å². The van der Waals surface area contributed by atoms with E-state index in [1.807, 2.05) is 24.3 Å². The summed E-state index contributed by atoms with van der Waals surface area (Å²) in [4.78, 5) is 31.8. The smallest absolute Gasteiger partial charge is 0.270 e. The molecule has 1 aromatic carbocycles. The second kappa shape index (κ2) is 8.84. The molecule has 2 aromatic rings. The molecule has 0 atom stereocenters. The molecule has 1 aromatic heterocycles. The fraction of sp³-hybridized carbons (Fsp3) is 0.455. The van der Waals surface area contributed by atoms with Gasteiger partial charge in [0.1, 0.15) is 10.6 Å². The summed E-state index contributed by atoms with van der Waals surface area (Å²) in [5.74, 6) is -0.455. The minimum Gasteiger partial charge on any atom is -0.356 e. The number of aromatic amines is 1. The lowest BCUT2D eigenvalue weighted by atomic mass is 10.2. The number of likely N-dealkylation sites (tertiary alicyclic amines) is 1. The lowest BCUT2D eigenvalue weighted by Gasteiger charge is -2.21. The molecule has 2 aliphatic heterocycles. The van der Waals surface area contributed by atoms with Crippen LogP contribution in [0.15, 0.2) is 41.4 Å². The number of carbonyl (C=O) groups excluding carboxylic acids is 2. The molecule has 9 heteroatoms. The number of anilines is 1. The zero-order valence-electron chi connectivity index (χ0n) is 17.7. The summed E-state index contributed by atoms with van der Waals surface area (Å²) in [5.41, 5.74) is 2.18. The molecule has 3 heterocycles. The fourth-order valence-corrected chi connectivity index (χ4v) is 5.34. The molecule has 2 amide bonds. The van der Waals surface area contributed by atoms with Crippen LogP contribution in [0.3, 0.4) is 0 Å². The average molecular weight is 445 g/mol. The van der Waals surface area contributed by atoms with Crippen molar-refractivity contribution in [3.63, 3.8) is 0 Å². The van der Waals surface area contributed by atoms with Crippen molar-refractivity contribution in [3.8, 4) is 0 Å². The monoisotopic (exact) mass is 444 g/mol. The van der Waals surface area contributed by atoms with Gasteiger partial charge < -0.3 is 14.8 Å². The maximum Gasteiger partial charge on any atom is 0.270 e. The quantitative estimate of drug-likeness (QED) is 0.765. The van der Waals surface area contributed by atoms with Crippen LogP contribution in [-0.2, 0) is 21.2 Å². The van der Waals surface area contributed by atoms with Crippen LogP contribution < -0.4 is 4.90 Å². The molecule has 1 fully saturated rings. The Morgan fingerprint density at radius 2 is 1.77 bits per heavy atom. The van der Waals surface area contributed by atoms with Gasteiger partial charge in [-0.15, -0.1) is 0 Å². The molecule has 31 heavy (non-hydrogen) atoms. The molecule has 8 nitrogen and oxygen atoms in total. The second-order valence-corrected chi connectivity index (χ2v) is 10.2. The van der Waals surface area contributed by atoms with E-state index in [0.29, 0.717) is 19.6 Å². The largest absolute Gasteiger partial charge is 0.356 e. The van der Waals surface area contributed by atoms with Crippen molar-refractivity contribution < 1.29 is 18.0 Å². The number of carbonyl (C=O) groups is 2. The number of hydrogen-bond donors (Lipinski definition) is 1. The summed E-state index contributed by atoms with van der Waals surface area (Å²) in [6, 6.07) is 9.02. The number of likely N-dealkylation sites (N-methyl/N-ethyl adjacent to an activating group) is 1. The molecule has 1 saturated heterocycles. The van der Waals surface area contributed by atoms with E-state index < -0.39 is 10.0 Å². The first-order chi connectivity index (χ1) is 14.9. The molecule has 0 unspecified atom stereocenters. The van der Waals surface area contributed by atoms with Crippen molar-refractivity contribution in [2.45, 2.75) is 37.0 Å². The predicted octanol–water partition coefficient (Wildman–Crippen LogP) is 2.24. The minimum absolute atomic E-state index is 0.0113. The summed E-state index contributed by atoms with van der Waals surface area (Å²) in [5, 5.41) is 0. The molecule has 2 aliphatic rings. The van der Waals surface area contributed by atoms with Crippen LogP contribution in [-0.4, -0.2) is 67.6 Å². The van der Waals surface area contributed by atoms with E-state index >= 15 is 0 Å². The molecular weight excluding hydrogens is 416 g/mol. The Kier molecular flexibility index (Phi) is 6.15. The lowest BCUT2D eigenvalue weighted by Crippen LogP contribution is -2.40. The van der Waals surface area contributed by atoms with E-state index in [-0.39, 0.29) is 28.9 Å². The van der Waals surface area contributed by atoms with E-state index in [1.165, 1.54) is 19.3 Å². The Balaban J connectivity index is 1.45. The van der Waals surface area contributed by atoms with E-state index in [0.717, 1.165) is 47.7 Å². The van der Waals surface area contributed by atoms with Crippen LogP contribution in [0.4, 0.5) is 5.69 Å². The van der Waals surface area contributed by atoms with Crippen LogP contribution in [0.1, 0.15) is 41.7 Å². The van der Waals surface area contributed by atoms with E-state index in [2.05, 4.69) is 4.98 Å². The Morgan fingerprint density at radius 3 is 2.52 bits per heavy atom. The van der Waals surface area contributed by atoms with Gasteiger partial charge in [0.05, 0.1) is 6.54 Å². The van der Waals surface area contributed by atoms with Crippen LogP contribution in [0.2, 0.25) is 0 Å². The molecule has 166 valence electrons. The van der Waals surface area contributed by atoms with E-state index in [1.54, 1.807) is 9.80 Å². The number of nitrogens with zero attached hydrogens (tertiary/aromatic N) is 3. The van der Waals surface area contributed by atoms with Crippen molar-refractivity contribution in [2.75, 3.05) is 38.1 Å². The van der Waals surface area contributed by atoms with Gasteiger partial charge in [0, 0.05) is 38.6 Å². The molecule has 0 aliphatic carbocycles. The average Bonchev–Trinajstić information content (AvgIpc) is 3.34. The number of amides is 2. The summed E-state index contributed by atoms with van der Waals surface area (Å²) in [6.45, 7) is 1.65. The van der Waals surface area contributed by atoms with Gasteiger partial charge in [0.15, 0.2) is 0 Å². The fourth-order valence-electron chi connectivity index (χ4n) is 4.23. The minimum atomic E-state index is -3.91. The molecule has 1 N–H and O–H groups in total. The van der Waals surface area contributed by atoms with E-state index in [9.17, 15) is 18.0 Å². The maximum absolute atomic E-state index is 13.0. The van der Waals surface area contributed by atoms with Gasteiger partial charge >= 0.3 is 0 Å². The van der Waals surface area contributed by atoms with Gasteiger partial charge in [-0.25, -0.2) is 8.42 Å². The number of fused-ring (bicyclic) bond motifs is 1. The lowest BCUT2D eigenvalue weighted by molar-refractivity contribution is -0.118. The maximum atomic E-state index is 13.0. The number of H-pyrrole nitrogens is 1. The molecule has 0 bridgehead atoms. The number of aromatic nitrogens is 1. The molecule has 0 radical (unpaired) electrons. The first-order valence-corrected chi connectivity index (χ1v) is 12.1. The number of para-hydroxylation sites is 1. The predicted molar refractivity (Wildman–Crippen MR) is 117 cm³/mol. The zero-order chi connectivity index (χ0) is 22.0. The highest BCUT2D eigenvalue weighted by Crippen LogP contribution is 2.28. The topological polar surface area (TPSA) is 93.8 Å². The third-order valence-electron chi connectivity index (χ3n) is 6.03. The first kappa shape index (κ1) is 21.6. The first-order valence-electron chi connectivity index (χ1n) is 10.7. The Hall–Kier alpha value is -2.65. The summed E-state index contributed by atoms with van der Waals surface area (Å²) in [6.07, 6.45) is 6.22. The number of hydrogen-bond acceptors (Lipinski definition) is 4. The van der Waals surface area contributed by atoms with Crippen molar-refractivity contribution in [1.82, 2.24) is 14.2 Å². The van der Waals surface area contributed by atoms with Gasteiger partial charge in [-0.2, -0.15) is 4.31 Å². The zero-order valence-corrected chi connectivity index (χ0v) is 18.5. The Morgan fingerprint density at radius 1 is 1.06 bits per heavy atom. The summed E-state index contributed by atoms with van der Waals surface area (Å²) >= 11 is 0. The normalized spacial score (nSPS) is 17.0. The van der Waals surface area contributed by atoms with Gasteiger partial charge in [0.2, 0.25) is 15.9 Å².